The topological polar surface area (TPSA) is 133 Å². The van der Waals surface area contributed by atoms with Crippen molar-refractivity contribution < 1.29 is 20.1 Å². The lowest BCUT2D eigenvalue weighted by Gasteiger charge is -2.22. The summed E-state index contributed by atoms with van der Waals surface area (Å²) in [6.45, 7) is 11.1. The van der Waals surface area contributed by atoms with Gasteiger partial charge in [0, 0.05) is 36.9 Å². The lowest BCUT2D eigenvalue weighted by Crippen LogP contribution is -2.36. The van der Waals surface area contributed by atoms with E-state index >= 15 is 0 Å². The third kappa shape index (κ3) is 6.56. The molecule has 0 amide bonds. The molecule has 184 valence electrons. The van der Waals surface area contributed by atoms with Crippen molar-refractivity contribution in [2.24, 2.45) is 11.3 Å². The number of nitrogens with one attached hydrogen (secondary N) is 2. The van der Waals surface area contributed by atoms with E-state index < -0.39 is 24.2 Å². The second-order valence-corrected chi connectivity index (χ2v) is 9.75. The van der Waals surface area contributed by atoms with Gasteiger partial charge in [-0.3, -0.25) is 0 Å². The van der Waals surface area contributed by atoms with Crippen molar-refractivity contribution in [1.29, 1.82) is 0 Å². The molecule has 2 heterocycles. The lowest BCUT2D eigenvalue weighted by molar-refractivity contribution is 0.00445. The molecule has 4 atom stereocenters. The molecule has 1 saturated carbocycles. The molecule has 0 saturated heterocycles. The SMILES string of the molecule is CCOc1ccc(C#Cc2c(C)nc(NCC(C)(C)C)nc2NC2CC(CO)C(O)C2O)cn1. The fourth-order valence-electron chi connectivity index (χ4n) is 3.70. The minimum Gasteiger partial charge on any atom is -0.478 e. The third-order valence-corrected chi connectivity index (χ3v) is 5.59. The van der Waals surface area contributed by atoms with Crippen LogP contribution in [0.15, 0.2) is 18.3 Å². The highest BCUT2D eigenvalue weighted by molar-refractivity contribution is 5.60. The van der Waals surface area contributed by atoms with E-state index in [0.29, 0.717) is 54.0 Å². The molecular weight excluding hydrogens is 434 g/mol. The van der Waals surface area contributed by atoms with Crippen molar-refractivity contribution in [3.63, 3.8) is 0 Å². The first-order chi connectivity index (χ1) is 16.1. The second-order valence-electron chi connectivity index (χ2n) is 9.75. The number of hydrogen-bond acceptors (Lipinski definition) is 9. The number of pyridine rings is 1. The van der Waals surface area contributed by atoms with Gasteiger partial charge < -0.3 is 30.7 Å². The van der Waals surface area contributed by atoms with Crippen LogP contribution in [0.1, 0.15) is 50.9 Å². The molecule has 3 rings (SSSR count). The summed E-state index contributed by atoms with van der Waals surface area (Å²) in [6, 6.07) is 3.11. The van der Waals surface area contributed by atoms with E-state index in [1.54, 1.807) is 12.3 Å². The molecule has 2 aromatic heterocycles. The molecule has 4 unspecified atom stereocenters. The molecule has 0 bridgehead atoms. The summed E-state index contributed by atoms with van der Waals surface area (Å²) < 4.78 is 5.37. The number of aromatic nitrogens is 3. The van der Waals surface area contributed by atoms with Crippen LogP contribution < -0.4 is 15.4 Å². The van der Waals surface area contributed by atoms with E-state index in [1.165, 1.54) is 0 Å². The normalized spacial score (nSPS) is 22.1. The van der Waals surface area contributed by atoms with Crippen LogP contribution in [-0.2, 0) is 0 Å². The van der Waals surface area contributed by atoms with Gasteiger partial charge in [-0.2, -0.15) is 4.98 Å². The summed E-state index contributed by atoms with van der Waals surface area (Å²) in [5, 5.41) is 36.8. The van der Waals surface area contributed by atoms with Crippen molar-refractivity contribution in [1.82, 2.24) is 15.0 Å². The Hall–Kier alpha value is -2.93. The third-order valence-electron chi connectivity index (χ3n) is 5.59. The Kier molecular flexibility index (Phi) is 8.31. The number of hydrogen-bond donors (Lipinski definition) is 5. The van der Waals surface area contributed by atoms with Crippen molar-refractivity contribution in [2.45, 2.75) is 59.3 Å². The van der Waals surface area contributed by atoms with Gasteiger partial charge in [-0.05, 0) is 31.7 Å². The summed E-state index contributed by atoms with van der Waals surface area (Å²) in [6.07, 6.45) is 0.00843. The molecule has 0 spiro atoms. The number of aliphatic hydroxyl groups is 3. The van der Waals surface area contributed by atoms with Crippen LogP contribution >= 0.6 is 0 Å². The van der Waals surface area contributed by atoms with Gasteiger partial charge in [0.25, 0.3) is 0 Å². The Balaban J connectivity index is 1.92. The number of anilines is 2. The lowest BCUT2D eigenvalue weighted by atomic mass is 9.97. The van der Waals surface area contributed by atoms with Gasteiger partial charge >= 0.3 is 0 Å². The number of ether oxygens (including phenoxy) is 1. The summed E-state index contributed by atoms with van der Waals surface area (Å²) in [7, 11) is 0. The Bertz CT molecular complexity index is 1030. The minimum absolute atomic E-state index is 0.0318. The molecular formula is C25H35N5O4. The number of aryl methyl sites for hydroxylation is 1. The van der Waals surface area contributed by atoms with Gasteiger partial charge in [-0.15, -0.1) is 0 Å². The first-order valence-corrected chi connectivity index (χ1v) is 11.6. The maximum Gasteiger partial charge on any atom is 0.224 e. The van der Waals surface area contributed by atoms with Crippen molar-refractivity contribution in [3.8, 4) is 17.7 Å². The van der Waals surface area contributed by atoms with E-state index in [-0.39, 0.29) is 12.0 Å². The highest BCUT2D eigenvalue weighted by Crippen LogP contribution is 2.30. The molecule has 9 nitrogen and oxygen atoms in total. The zero-order chi connectivity index (χ0) is 24.9. The first-order valence-electron chi connectivity index (χ1n) is 11.6. The fourth-order valence-corrected chi connectivity index (χ4v) is 3.70. The van der Waals surface area contributed by atoms with Gasteiger partial charge in [0.1, 0.15) is 11.9 Å². The zero-order valence-corrected chi connectivity index (χ0v) is 20.5. The largest absolute Gasteiger partial charge is 0.478 e. The molecule has 1 aliphatic rings. The molecule has 0 radical (unpaired) electrons. The van der Waals surface area contributed by atoms with Gasteiger partial charge in [0.05, 0.1) is 30.0 Å². The van der Waals surface area contributed by atoms with Gasteiger partial charge in [0.15, 0.2) is 0 Å². The molecule has 1 aliphatic carbocycles. The van der Waals surface area contributed by atoms with Crippen LogP contribution in [0.25, 0.3) is 0 Å². The van der Waals surface area contributed by atoms with Gasteiger partial charge in [-0.25, -0.2) is 9.97 Å². The van der Waals surface area contributed by atoms with E-state index in [4.69, 9.17) is 4.74 Å². The molecule has 5 N–H and O–H groups in total. The maximum atomic E-state index is 10.5. The summed E-state index contributed by atoms with van der Waals surface area (Å²) in [5.41, 5.74) is 2.00. The maximum absolute atomic E-state index is 10.5. The highest BCUT2D eigenvalue weighted by atomic mass is 16.5. The summed E-state index contributed by atoms with van der Waals surface area (Å²) in [5.74, 6) is 7.28. The molecule has 9 heteroatoms. The molecule has 0 aliphatic heterocycles. The average Bonchev–Trinajstić information content (AvgIpc) is 3.05. The fraction of sp³-hybridized carbons (Fsp3) is 0.560. The van der Waals surface area contributed by atoms with E-state index in [9.17, 15) is 15.3 Å². The number of nitrogens with zero attached hydrogens (tertiary/aromatic N) is 3. The standard InChI is InChI=1S/C25H35N5O4/c1-6-34-20-10-8-16(12-26-20)7-9-18-15(2)28-24(27-14-25(3,4)5)30-23(18)29-19-11-17(13-31)21(32)22(19)33/h8,10,12,17,19,21-22,31-33H,6,11,13-14H2,1-5H3,(H2,27,28,29,30). The highest BCUT2D eigenvalue weighted by Gasteiger charge is 2.41. The smallest absolute Gasteiger partial charge is 0.224 e. The Morgan fingerprint density at radius 2 is 1.91 bits per heavy atom. The average molecular weight is 470 g/mol. The second kappa shape index (κ2) is 11.0. The molecule has 34 heavy (non-hydrogen) atoms. The number of aliphatic hydroxyl groups excluding tert-OH is 3. The molecule has 0 aromatic carbocycles. The van der Waals surface area contributed by atoms with Crippen LogP contribution in [0.3, 0.4) is 0 Å². The van der Waals surface area contributed by atoms with E-state index in [2.05, 4.69) is 58.2 Å². The van der Waals surface area contributed by atoms with Gasteiger partial charge in [0.2, 0.25) is 11.8 Å². The van der Waals surface area contributed by atoms with Crippen LogP contribution in [0.4, 0.5) is 11.8 Å². The van der Waals surface area contributed by atoms with Crippen LogP contribution in [0.5, 0.6) is 5.88 Å². The number of rotatable bonds is 7. The van der Waals surface area contributed by atoms with Crippen molar-refractivity contribution in [3.05, 3.63) is 35.2 Å². The van der Waals surface area contributed by atoms with Crippen LogP contribution in [-0.4, -0.2) is 68.3 Å². The van der Waals surface area contributed by atoms with E-state index in [0.717, 1.165) is 0 Å². The predicted molar refractivity (Wildman–Crippen MR) is 131 cm³/mol. The predicted octanol–water partition coefficient (Wildman–Crippen LogP) is 1.95. The van der Waals surface area contributed by atoms with Gasteiger partial charge in [-0.1, -0.05) is 32.6 Å². The van der Waals surface area contributed by atoms with Crippen molar-refractivity contribution >= 4 is 11.8 Å². The zero-order valence-electron chi connectivity index (χ0n) is 20.5. The van der Waals surface area contributed by atoms with Crippen molar-refractivity contribution in [2.75, 3.05) is 30.4 Å². The quantitative estimate of drug-likeness (QED) is 0.386. The Morgan fingerprint density at radius 1 is 1.15 bits per heavy atom. The Labute approximate surface area is 201 Å². The molecule has 1 fully saturated rings. The summed E-state index contributed by atoms with van der Waals surface area (Å²) >= 11 is 0. The monoisotopic (exact) mass is 469 g/mol. The molecule has 2 aromatic rings. The van der Waals surface area contributed by atoms with Crippen LogP contribution in [0, 0.1) is 30.1 Å². The van der Waals surface area contributed by atoms with E-state index in [1.807, 2.05) is 19.9 Å². The first kappa shape index (κ1) is 25.7. The van der Waals surface area contributed by atoms with Crippen LogP contribution in [0.2, 0.25) is 0 Å². The Morgan fingerprint density at radius 3 is 2.50 bits per heavy atom. The minimum atomic E-state index is -1.03. The summed E-state index contributed by atoms with van der Waals surface area (Å²) in [4.78, 5) is 13.4.